The lowest BCUT2D eigenvalue weighted by Crippen LogP contribution is -2.04. The van der Waals surface area contributed by atoms with Crippen molar-refractivity contribution in [2.45, 2.75) is 12.8 Å². The van der Waals surface area contributed by atoms with E-state index in [0.717, 1.165) is 6.42 Å². The maximum absolute atomic E-state index is 3.14. The van der Waals surface area contributed by atoms with Crippen LogP contribution in [0.4, 0.5) is 0 Å². The van der Waals surface area contributed by atoms with Crippen molar-refractivity contribution in [3.8, 4) is 11.8 Å². The van der Waals surface area contributed by atoms with Crippen LogP contribution in [0.25, 0.3) is 0 Å². The third-order valence-corrected chi connectivity index (χ3v) is 1.63. The predicted molar refractivity (Wildman–Crippen MR) is 28.6 cm³/mol. The highest BCUT2D eigenvalue weighted by Gasteiger charge is 2.20. The van der Waals surface area contributed by atoms with Crippen molar-refractivity contribution in [2.75, 3.05) is 0 Å². The highest BCUT2D eigenvalue weighted by Crippen LogP contribution is 2.31. The molecule has 0 N–H and O–H groups in total. The van der Waals surface area contributed by atoms with Gasteiger partial charge < -0.3 is 0 Å². The molecule has 0 saturated heterocycles. The van der Waals surface area contributed by atoms with Crippen molar-refractivity contribution >= 4 is 0 Å². The van der Waals surface area contributed by atoms with E-state index in [1.54, 1.807) is 5.57 Å². The van der Waals surface area contributed by atoms with Gasteiger partial charge in [-0.25, -0.2) is 0 Å². The normalized spacial score (nSPS) is 32.0. The molecule has 0 nitrogen and oxygen atoms in total. The van der Waals surface area contributed by atoms with Gasteiger partial charge in [0.25, 0.3) is 0 Å². The lowest BCUT2D eigenvalue weighted by Gasteiger charge is -2.15. The minimum absolute atomic E-state index is 0.694. The molecule has 1 atom stereocenters. The summed E-state index contributed by atoms with van der Waals surface area (Å²) in [7, 11) is 0. The van der Waals surface area contributed by atoms with Crippen molar-refractivity contribution in [3.05, 3.63) is 11.6 Å². The molecule has 0 spiro atoms. The van der Waals surface area contributed by atoms with Crippen molar-refractivity contribution in [1.82, 2.24) is 0 Å². The fourth-order valence-corrected chi connectivity index (χ4v) is 1.03. The topological polar surface area (TPSA) is 0 Å². The molecule has 2 aliphatic rings. The Morgan fingerprint density at radius 1 is 1.71 bits per heavy atom. The van der Waals surface area contributed by atoms with Crippen LogP contribution < -0.4 is 0 Å². The largest absolute Gasteiger partial charge is 0.0982 e. The van der Waals surface area contributed by atoms with E-state index in [-0.39, 0.29) is 0 Å². The summed E-state index contributed by atoms with van der Waals surface area (Å²) in [6.07, 6.45) is 4.56. The van der Waals surface area contributed by atoms with Crippen LogP contribution in [0.1, 0.15) is 12.8 Å². The summed E-state index contributed by atoms with van der Waals surface area (Å²) < 4.78 is 0. The summed E-state index contributed by atoms with van der Waals surface area (Å²) >= 11 is 0. The van der Waals surface area contributed by atoms with Gasteiger partial charge in [-0.1, -0.05) is 17.9 Å². The fraction of sp³-hybridized carbons (Fsp3) is 0.429. The molecule has 1 unspecified atom stereocenters. The zero-order valence-corrected chi connectivity index (χ0v) is 4.07. The Morgan fingerprint density at radius 3 is 3.00 bits per heavy atom. The molecule has 0 heteroatoms. The molecule has 0 amide bonds. The maximum atomic E-state index is 3.14. The second-order valence-corrected chi connectivity index (χ2v) is 2.07. The third-order valence-electron chi connectivity index (χ3n) is 1.63. The number of allylic oxidation sites excluding steroid dienone is 2. The minimum Gasteiger partial charge on any atom is -0.0982 e. The second kappa shape index (κ2) is 0.924. The third kappa shape index (κ3) is 0.282. The molecule has 0 heterocycles. The van der Waals surface area contributed by atoms with Gasteiger partial charge in [-0.05, 0) is 12.0 Å². The Morgan fingerprint density at radius 2 is 2.71 bits per heavy atom. The number of hydrogen-bond donors (Lipinski definition) is 0. The van der Waals surface area contributed by atoms with Gasteiger partial charge in [0.15, 0.2) is 0 Å². The van der Waals surface area contributed by atoms with Crippen LogP contribution in [-0.4, -0.2) is 0 Å². The quantitative estimate of drug-likeness (QED) is 0.311. The first-order valence-corrected chi connectivity index (χ1v) is 2.64. The van der Waals surface area contributed by atoms with Crippen LogP contribution in [-0.2, 0) is 0 Å². The van der Waals surface area contributed by atoms with E-state index in [1.165, 1.54) is 6.42 Å². The molecule has 0 aromatic carbocycles. The Hall–Kier alpha value is -0.700. The van der Waals surface area contributed by atoms with E-state index >= 15 is 0 Å². The molecule has 0 bridgehead atoms. The molecule has 34 valence electrons. The first-order chi connectivity index (χ1) is 3.47. The summed E-state index contributed by atoms with van der Waals surface area (Å²) in [6.45, 7) is 0. The molecule has 0 saturated carbocycles. The van der Waals surface area contributed by atoms with Gasteiger partial charge in [0.2, 0.25) is 0 Å². The van der Waals surface area contributed by atoms with Gasteiger partial charge in [0.05, 0.1) is 0 Å². The molecule has 0 aromatic rings. The number of fused-ring (bicyclic) bond motifs is 1. The first kappa shape index (κ1) is 3.32. The van der Waals surface area contributed by atoms with Crippen LogP contribution >= 0.6 is 0 Å². The first-order valence-electron chi connectivity index (χ1n) is 2.64. The Labute approximate surface area is 43.2 Å². The molecule has 0 aromatic heterocycles. The van der Waals surface area contributed by atoms with Crippen molar-refractivity contribution < 1.29 is 0 Å². The average molecular weight is 90.1 g/mol. The van der Waals surface area contributed by atoms with Gasteiger partial charge in [-0.2, -0.15) is 0 Å². The Balaban J connectivity index is 2.40. The summed E-state index contributed by atoms with van der Waals surface area (Å²) in [6, 6.07) is 0. The van der Waals surface area contributed by atoms with Crippen molar-refractivity contribution in [3.63, 3.8) is 0 Å². The minimum atomic E-state index is 0.694. The van der Waals surface area contributed by atoms with Gasteiger partial charge in [0, 0.05) is 12.3 Å². The van der Waals surface area contributed by atoms with Crippen molar-refractivity contribution in [2.24, 2.45) is 5.92 Å². The number of hydrogen-bond acceptors (Lipinski definition) is 0. The van der Waals surface area contributed by atoms with E-state index in [0.29, 0.717) is 5.92 Å². The molecule has 2 rings (SSSR count). The molecule has 0 aliphatic heterocycles. The van der Waals surface area contributed by atoms with E-state index in [4.69, 9.17) is 0 Å². The van der Waals surface area contributed by atoms with Gasteiger partial charge >= 0.3 is 0 Å². The zero-order valence-electron chi connectivity index (χ0n) is 4.07. The number of rotatable bonds is 0. The molecule has 2 aliphatic carbocycles. The van der Waals surface area contributed by atoms with Crippen LogP contribution in [0.5, 0.6) is 0 Å². The smallest absolute Gasteiger partial charge is 0.0455 e. The highest BCUT2D eigenvalue weighted by molar-refractivity contribution is 5.37. The van der Waals surface area contributed by atoms with E-state index in [1.807, 2.05) is 0 Å². The highest BCUT2D eigenvalue weighted by atomic mass is 14.2. The lowest BCUT2D eigenvalue weighted by molar-refractivity contribution is 0.719. The lowest BCUT2D eigenvalue weighted by atomic mass is 9.88. The molecule has 7 heavy (non-hydrogen) atoms. The Kier molecular flexibility index (Phi) is 0.438. The summed E-state index contributed by atoms with van der Waals surface area (Å²) in [5, 5.41) is 0. The second-order valence-electron chi connectivity index (χ2n) is 2.07. The van der Waals surface area contributed by atoms with Crippen LogP contribution in [0.2, 0.25) is 0 Å². The van der Waals surface area contributed by atoms with E-state index < -0.39 is 0 Å². The van der Waals surface area contributed by atoms with Crippen LogP contribution in [0.15, 0.2) is 11.6 Å². The van der Waals surface area contributed by atoms with Crippen LogP contribution in [0, 0.1) is 17.8 Å². The standard InChI is InChI=1S/C7H6/c1-2-6-4-5-7(6)3-1/h4,7H,2,5H2. The molecular weight excluding hydrogens is 84.1 g/mol. The summed E-state index contributed by atoms with van der Waals surface area (Å²) in [5.74, 6) is 6.90. The van der Waals surface area contributed by atoms with Gasteiger partial charge in [-0.15, -0.1) is 0 Å². The SMILES string of the molecule is C1#CC2CC=C2C1. The van der Waals surface area contributed by atoms with Gasteiger partial charge in [0.1, 0.15) is 0 Å². The van der Waals surface area contributed by atoms with Crippen LogP contribution in [0.3, 0.4) is 0 Å². The maximum Gasteiger partial charge on any atom is 0.0455 e. The molecular formula is C7H6. The monoisotopic (exact) mass is 90.0 g/mol. The van der Waals surface area contributed by atoms with E-state index in [9.17, 15) is 0 Å². The summed E-state index contributed by atoms with van der Waals surface area (Å²) in [5.41, 5.74) is 1.54. The summed E-state index contributed by atoms with van der Waals surface area (Å²) in [4.78, 5) is 0. The Bertz CT molecular complexity index is 176. The predicted octanol–water partition coefficient (Wildman–Crippen LogP) is 1.34. The molecule has 0 radical (unpaired) electrons. The average Bonchev–Trinajstić information content (AvgIpc) is 1.85. The van der Waals surface area contributed by atoms with Gasteiger partial charge in [-0.3, -0.25) is 0 Å². The molecule has 0 fully saturated rings. The zero-order chi connectivity index (χ0) is 4.69. The van der Waals surface area contributed by atoms with E-state index in [2.05, 4.69) is 17.9 Å². The fourth-order valence-electron chi connectivity index (χ4n) is 1.03. The van der Waals surface area contributed by atoms with Crippen molar-refractivity contribution in [1.29, 1.82) is 0 Å².